The van der Waals surface area contributed by atoms with E-state index < -0.39 is 5.60 Å². The zero-order valence-corrected chi connectivity index (χ0v) is 16.2. The van der Waals surface area contributed by atoms with Gasteiger partial charge in [-0.2, -0.15) is 0 Å². The molecule has 0 bridgehead atoms. The standard InChI is InChI=1S/C22H28ClNO2/c1-2-3-15-25-21-16-24-14-13-22(21,19-9-11-20(23)12-10-19)26-17-18-7-5-4-6-8-18/h4-12,21,24H,2-3,13-17H2,1H3. The Morgan fingerprint density at radius 3 is 2.62 bits per heavy atom. The van der Waals surface area contributed by atoms with Gasteiger partial charge in [0.05, 0.1) is 6.61 Å². The van der Waals surface area contributed by atoms with Gasteiger partial charge >= 0.3 is 0 Å². The molecule has 2 aromatic carbocycles. The zero-order valence-electron chi connectivity index (χ0n) is 15.4. The van der Waals surface area contributed by atoms with Crippen molar-refractivity contribution in [1.82, 2.24) is 5.32 Å². The van der Waals surface area contributed by atoms with Crippen LogP contribution >= 0.6 is 11.6 Å². The van der Waals surface area contributed by atoms with Crippen LogP contribution in [-0.2, 0) is 21.7 Å². The van der Waals surface area contributed by atoms with Gasteiger partial charge in [0.25, 0.3) is 0 Å². The molecule has 1 aliphatic heterocycles. The van der Waals surface area contributed by atoms with E-state index in [1.54, 1.807) is 0 Å². The summed E-state index contributed by atoms with van der Waals surface area (Å²) in [4.78, 5) is 0. The second-order valence-corrected chi connectivity index (χ2v) is 7.27. The van der Waals surface area contributed by atoms with Crippen molar-refractivity contribution in [1.29, 1.82) is 0 Å². The minimum atomic E-state index is -0.459. The molecule has 1 N–H and O–H groups in total. The average Bonchev–Trinajstić information content (AvgIpc) is 2.69. The smallest absolute Gasteiger partial charge is 0.122 e. The first-order chi connectivity index (χ1) is 12.7. The van der Waals surface area contributed by atoms with Crippen LogP contribution in [0.15, 0.2) is 54.6 Å². The number of ether oxygens (including phenoxy) is 2. The van der Waals surface area contributed by atoms with Gasteiger partial charge in [0.15, 0.2) is 0 Å². The van der Waals surface area contributed by atoms with Gasteiger partial charge in [-0.25, -0.2) is 0 Å². The molecular weight excluding hydrogens is 346 g/mol. The molecule has 2 unspecified atom stereocenters. The van der Waals surface area contributed by atoms with Gasteiger partial charge in [0.2, 0.25) is 0 Å². The van der Waals surface area contributed by atoms with Crippen molar-refractivity contribution in [2.75, 3.05) is 19.7 Å². The molecule has 2 atom stereocenters. The first-order valence-electron chi connectivity index (χ1n) is 9.51. The molecule has 0 amide bonds. The number of unbranched alkanes of at least 4 members (excludes halogenated alkanes) is 1. The Kier molecular flexibility index (Phi) is 7.09. The maximum Gasteiger partial charge on any atom is 0.122 e. The Hall–Kier alpha value is -1.39. The van der Waals surface area contributed by atoms with Crippen molar-refractivity contribution in [3.63, 3.8) is 0 Å². The first kappa shape index (κ1) is 19.4. The summed E-state index contributed by atoms with van der Waals surface area (Å²) in [5.74, 6) is 0. The van der Waals surface area contributed by atoms with Gasteiger partial charge in [-0.3, -0.25) is 0 Å². The highest BCUT2D eigenvalue weighted by Crippen LogP contribution is 2.38. The normalized spacial score (nSPS) is 23.1. The topological polar surface area (TPSA) is 30.5 Å². The summed E-state index contributed by atoms with van der Waals surface area (Å²) < 4.78 is 12.9. The molecule has 0 spiro atoms. The molecular formula is C22H28ClNO2. The third-order valence-corrected chi connectivity index (χ3v) is 5.26. The molecule has 26 heavy (non-hydrogen) atoms. The number of piperidine rings is 1. The number of hydrogen-bond acceptors (Lipinski definition) is 3. The molecule has 2 aromatic rings. The van der Waals surface area contributed by atoms with E-state index >= 15 is 0 Å². The summed E-state index contributed by atoms with van der Waals surface area (Å²) in [6.45, 7) is 5.21. The molecule has 1 heterocycles. The lowest BCUT2D eigenvalue weighted by Crippen LogP contribution is -2.54. The van der Waals surface area contributed by atoms with Gasteiger partial charge in [-0.05, 0) is 42.6 Å². The predicted molar refractivity (Wildman–Crippen MR) is 106 cm³/mol. The summed E-state index contributed by atoms with van der Waals surface area (Å²) >= 11 is 6.12. The third kappa shape index (κ3) is 4.66. The summed E-state index contributed by atoms with van der Waals surface area (Å²) in [6.07, 6.45) is 3.04. The Bertz CT molecular complexity index is 662. The summed E-state index contributed by atoms with van der Waals surface area (Å²) in [6, 6.07) is 18.4. The Balaban J connectivity index is 1.86. The molecule has 0 aliphatic carbocycles. The van der Waals surface area contributed by atoms with Crippen molar-refractivity contribution in [2.24, 2.45) is 0 Å². The van der Waals surface area contributed by atoms with E-state index in [-0.39, 0.29) is 6.10 Å². The van der Waals surface area contributed by atoms with E-state index in [9.17, 15) is 0 Å². The molecule has 140 valence electrons. The van der Waals surface area contributed by atoms with Gasteiger partial charge in [0.1, 0.15) is 11.7 Å². The molecule has 0 saturated carbocycles. The van der Waals surface area contributed by atoms with Crippen molar-refractivity contribution >= 4 is 11.6 Å². The van der Waals surface area contributed by atoms with Crippen LogP contribution in [0.2, 0.25) is 5.02 Å². The lowest BCUT2D eigenvalue weighted by Gasteiger charge is -2.44. The first-order valence-corrected chi connectivity index (χ1v) is 9.88. The Morgan fingerprint density at radius 2 is 1.88 bits per heavy atom. The fraction of sp³-hybridized carbons (Fsp3) is 0.455. The van der Waals surface area contributed by atoms with Crippen LogP contribution in [0.1, 0.15) is 37.3 Å². The van der Waals surface area contributed by atoms with Crippen molar-refractivity contribution in [3.8, 4) is 0 Å². The molecule has 1 fully saturated rings. The summed E-state index contributed by atoms with van der Waals surface area (Å²) in [5, 5.41) is 4.20. The SMILES string of the molecule is CCCCOC1CNCCC1(OCc1ccccc1)c1ccc(Cl)cc1. The fourth-order valence-electron chi connectivity index (χ4n) is 3.49. The average molecular weight is 374 g/mol. The van der Waals surface area contributed by atoms with Gasteiger partial charge < -0.3 is 14.8 Å². The molecule has 4 heteroatoms. The van der Waals surface area contributed by atoms with Gasteiger partial charge in [-0.15, -0.1) is 0 Å². The molecule has 1 saturated heterocycles. The summed E-state index contributed by atoms with van der Waals surface area (Å²) in [7, 11) is 0. The highest BCUT2D eigenvalue weighted by Gasteiger charge is 2.44. The van der Waals surface area contributed by atoms with Gasteiger partial charge in [-0.1, -0.05) is 67.4 Å². The largest absolute Gasteiger partial charge is 0.374 e. The number of hydrogen-bond donors (Lipinski definition) is 1. The minimum Gasteiger partial charge on any atom is -0.374 e. The molecule has 3 nitrogen and oxygen atoms in total. The highest BCUT2D eigenvalue weighted by molar-refractivity contribution is 6.30. The molecule has 3 rings (SSSR count). The van der Waals surface area contributed by atoms with Crippen LogP contribution in [0.5, 0.6) is 0 Å². The second-order valence-electron chi connectivity index (χ2n) is 6.84. The maximum atomic E-state index is 6.62. The highest BCUT2D eigenvalue weighted by atomic mass is 35.5. The Labute approximate surface area is 161 Å². The predicted octanol–water partition coefficient (Wildman–Crippen LogP) is 4.93. The van der Waals surface area contributed by atoms with E-state index in [0.717, 1.165) is 49.5 Å². The minimum absolute atomic E-state index is 0.0207. The number of rotatable bonds is 8. The van der Waals surface area contributed by atoms with Crippen LogP contribution in [0.25, 0.3) is 0 Å². The van der Waals surface area contributed by atoms with Crippen LogP contribution in [0.3, 0.4) is 0 Å². The fourth-order valence-corrected chi connectivity index (χ4v) is 3.62. The summed E-state index contributed by atoms with van der Waals surface area (Å²) in [5.41, 5.74) is 1.85. The molecule has 0 radical (unpaired) electrons. The number of nitrogens with one attached hydrogen (secondary N) is 1. The monoisotopic (exact) mass is 373 g/mol. The van der Waals surface area contributed by atoms with E-state index in [2.05, 4.69) is 36.5 Å². The van der Waals surface area contributed by atoms with Crippen molar-refractivity contribution < 1.29 is 9.47 Å². The van der Waals surface area contributed by atoms with Crippen molar-refractivity contribution in [3.05, 3.63) is 70.7 Å². The Morgan fingerprint density at radius 1 is 1.12 bits per heavy atom. The lowest BCUT2D eigenvalue weighted by atomic mass is 9.82. The molecule has 1 aliphatic rings. The second kappa shape index (κ2) is 9.52. The lowest BCUT2D eigenvalue weighted by molar-refractivity contribution is -0.172. The van der Waals surface area contributed by atoms with E-state index in [1.807, 2.05) is 30.3 Å². The zero-order chi connectivity index (χ0) is 18.2. The van der Waals surface area contributed by atoms with Crippen molar-refractivity contribution in [2.45, 2.75) is 44.5 Å². The van der Waals surface area contributed by atoms with E-state index in [1.165, 1.54) is 5.56 Å². The van der Waals surface area contributed by atoms with E-state index in [4.69, 9.17) is 21.1 Å². The maximum absolute atomic E-state index is 6.62. The van der Waals surface area contributed by atoms with Crippen LogP contribution in [-0.4, -0.2) is 25.8 Å². The van der Waals surface area contributed by atoms with Gasteiger partial charge in [0, 0.05) is 18.2 Å². The number of halogens is 1. The van der Waals surface area contributed by atoms with Crippen LogP contribution in [0, 0.1) is 0 Å². The van der Waals surface area contributed by atoms with Crippen LogP contribution < -0.4 is 5.32 Å². The number of benzene rings is 2. The van der Waals surface area contributed by atoms with E-state index in [0.29, 0.717) is 6.61 Å². The third-order valence-electron chi connectivity index (χ3n) is 5.01. The van der Waals surface area contributed by atoms with Crippen LogP contribution in [0.4, 0.5) is 0 Å². The quantitative estimate of drug-likeness (QED) is 0.665. The molecule has 0 aromatic heterocycles.